The van der Waals surface area contributed by atoms with Gasteiger partial charge in [-0.1, -0.05) is 18.2 Å². The van der Waals surface area contributed by atoms with E-state index in [0.29, 0.717) is 34.4 Å². The lowest BCUT2D eigenvalue weighted by molar-refractivity contribution is 0.560. The Balaban J connectivity index is 1.80. The molecule has 7 heteroatoms. The van der Waals surface area contributed by atoms with Gasteiger partial charge in [0.15, 0.2) is 11.6 Å². The highest BCUT2D eigenvalue weighted by atomic mass is 19.1. The Kier molecular flexibility index (Phi) is 3.74. The fraction of sp³-hybridized carbons (Fsp3) is 0.0556. The summed E-state index contributed by atoms with van der Waals surface area (Å²) in [6, 6.07) is 13.6. The van der Waals surface area contributed by atoms with E-state index >= 15 is 0 Å². The minimum absolute atomic E-state index is 0.255. The average Bonchev–Trinajstić information content (AvgIpc) is 3.26. The number of nitrogens with zero attached hydrogens (tertiary/aromatic N) is 4. The van der Waals surface area contributed by atoms with Crippen LogP contribution in [0.15, 0.2) is 65.4 Å². The third-order valence-corrected chi connectivity index (χ3v) is 3.74. The standard InChI is InChI=1S/C18H14FN5O/c19-13-5-2-1-4-12(13)11-24-15(16-6-3-9-25-16)10-14(23-24)18-21-8-7-17(20)22-18/h1-10H,11H2,(H2,20,21,22). The van der Waals surface area contributed by atoms with Gasteiger partial charge in [0, 0.05) is 11.8 Å². The first-order valence-corrected chi connectivity index (χ1v) is 7.65. The molecule has 6 nitrogen and oxygen atoms in total. The van der Waals surface area contributed by atoms with Gasteiger partial charge in [0.25, 0.3) is 0 Å². The summed E-state index contributed by atoms with van der Waals surface area (Å²) in [5.41, 5.74) is 7.49. The number of benzene rings is 1. The Hall–Kier alpha value is -3.48. The molecule has 0 saturated heterocycles. The largest absolute Gasteiger partial charge is 0.463 e. The van der Waals surface area contributed by atoms with Crippen molar-refractivity contribution in [2.75, 3.05) is 5.73 Å². The van der Waals surface area contributed by atoms with Gasteiger partial charge in [0.2, 0.25) is 0 Å². The van der Waals surface area contributed by atoms with E-state index in [0.717, 1.165) is 0 Å². The number of rotatable bonds is 4. The van der Waals surface area contributed by atoms with Crippen molar-refractivity contribution in [3.8, 4) is 23.0 Å². The molecule has 0 spiro atoms. The fourth-order valence-corrected chi connectivity index (χ4v) is 2.55. The summed E-state index contributed by atoms with van der Waals surface area (Å²) in [4.78, 5) is 8.39. The summed E-state index contributed by atoms with van der Waals surface area (Å²) in [6.07, 6.45) is 3.15. The monoisotopic (exact) mass is 335 g/mol. The van der Waals surface area contributed by atoms with Crippen LogP contribution in [-0.4, -0.2) is 19.7 Å². The van der Waals surface area contributed by atoms with Gasteiger partial charge in [-0.25, -0.2) is 14.4 Å². The zero-order valence-corrected chi connectivity index (χ0v) is 13.1. The minimum atomic E-state index is -0.287. The van der Waals surface area contributed by atoms with Crippen molar-refractivity contribution in [1.29, 1.82) is 0 Å². The van der Waals surface area contributed by atoms with Crippen molar-refractivity contribution in [2.45, 2.75) is 6.54 Å². The molecule has 2 N–H and O–H groups in total. The van der Waals surface area contributed by atoms with Crippen LogP contribution in [0.1, 0.15) is 5.56 Å². The van der Waals surface area contributed by atoms with Gasteiger partial charge in [-0.15, -0.1) is 0 Å². The molecule has 0 aliphatic rings. The second-order valence-electron chi connectivity index (χ2n) is 5.45. The summed E-state index contributed by atoms with van der Waals surface area (Å²) < 4.78 is 21.2. The molecule has 4 aromatic rings. The van der Waals surface area contributed by atoms with E-state index in [-0.39, 0.29) is 12.4 Å². The molecule has 0 unspecified atom stereocenters. The molecule has 0 fully saturated rings. The highest BCUT2D eigenvalue weighted by molar-refractivity contribution is 5.62. The van der Waals surface area contributed by atoms with Crippen LogP contribution in [0.5, 0.6) is 0 Å². The predicted molar refractivity (Wildman–Crippen MR) is 90.9 cm³/mol. The molecule has 0 saturated carbocycles. The van der Waals surface area contributed by atoms with Crippen LogP contribution in [0.4, 0.5) is 10.2 Å². The number of hydrogen-bond acceptors (Lipinski definition) is 5. The molecular weight excluding hydrogens is 321 g/mol. The smallest absolute Gasteiger partial charge is 0.182 e. The highest BCUT2D eigenvalue weighted by Gasteiger charge is 2.16. The highest BCUT2D eigenvalue weighted by Crippen LogP contribution is 2.26. The lowest BCUT2D eigenvalue weighted by atomic mass is 10.2. The lowest BCUT2D eigenvalue weighted by Crippen LogP contribution is -2.05. The quantitative estimate of drug-likeness (QED) is 0.618. The summed E-state index contributed by atoms with van der Waals surface area (Å²) in [7, 11) is 0. The van der Waals surface area contributed by atoms with E-state index in [2.05, 4.69) is 15.1 Å². The zero-order chi connectivity index (χ0) is 17.2. The Morgan fingerprint density at radius 1 is 1.12 bits per heavy atom. The number of nitrogens with two attached hydrogens (primary N) is 1. The molecule has 124 valence electrons. The van der Waals surface area contributed by atoms with Crippen molar-refractivity contribution in [1.82, 2.24) is 19.7 Å². The van der Waals surface area contributed by atoms with E-state index in [4.69, 9.17) is 10.2 Å². The molecule has 0 aliphatic heterocycles. The molecule has 4 rings (SSSR count). The number of anilines is 1. The summed E-state index contributed by atoms with van der Waals surface area (Å²) >= 11 is 0. The summed E-state index contributed by atoms with van der Waals surface area (Å²) in [6.45, 7) is 0.255. The topological polar surface area (TPSA) is 82.8 Å². The van der Waals surface area contributed by atoms with Crippen molar-refractivity contribution < 1.29 is 8.81 Å². The third-order valence-electron chi connectivity index (χ3n) is 3.74. The molecule has 3 heterocycles. The first-order valence-electron chi connectivity index (χ1n) is 7.65. The van der Waals surface area contributed by atoms with Crippen LogP contribution in [0.25, 0.3) is 23.0 Å². The Labute approximate surface area is 142 Å². The normalized spacial score (nSPS) is 10.9. The van der Waals surface area contributed by atoms with Crippen molar-refractivity contribution in [3.05, 3.63) is 72.4 Å². The van der Waals surface area contributed by atoms with Gasteiger partial charge in [-0.05, 0) is 30.3 Å². The number of furan rings is 1. The molecule has 0 atom stereocenters. The van der Waals surface area contributed by atoms with E-state index in [1.54, 1.807) is 53.5 Å². The van der Waals surface area contributed by atoms with Crippen LogP contribution in [-0.2, 0) is 6.54 Å². The maximum absolute atomic E-state index is 14.0. The Morgan fingerprint density at radius 3 is 2.76 bits per heavy atom. The number of halogens is 1. The predicted octanol–water partition coefficient (Wildman–Crippen LogP) is 3.37. The number of nitrogen functional groups attached to an aromatic ring is 1. The summed E-state index contributed by atoms with van der Waals surface area (Å²) in [5, 5.41) is 4.52. The average molecular weight is 335 g/mol. The van der Waals surface area contributed by atoms with Crippen molar-refractivity contribution >= 4 is 5.82 Å². The lowest BCUT2D eigenvalue weighted by Gasteiger charge is -2.06. The molecule has 1 aromatic carbocycles. The summed E-state index contributed by atoms with van der Waals surface area (Å²) in [5.74, 6) is 1.09. The van der Waals surface area contributed by atoms with Crippen LogP contribution >= 0.6 is 0 Å². The van der Waals surface area contributed by atoms with Crippen LogP contribution in [0.2, 0.25) is 0 Å². The first-order chi connectivity index (χ1) is 12.2. The van der Waals surface area contributed by atoms with Gasteiger partial charge in [0.1, 0.15) is 23.0 Å². The Bertz CT molecular complexity index is 1010. The maximum atomic E-state index is 14.0. The van der Waals surface area contributed by atoms with E-state index < -0.39 is 0 Å². The number of aromatic nitrogens is 4. The first kappa shape index (κ1) is 15.1. The fourth-order valence-electron chi connectivity index (χ4n) is 2.55. The van der Waals surface area contributed by atoms with Crippen molar-refractivity contribution in [3.63, 3.8) is 0 Å². The van der Waals surface area contributed by atoms with E-state index in [9.17, 15) is 4.39 Å². The van der Waals surface area contributed by atoms with E-state index in [1.807, 2.05) is 6.07 Å². The second kappa shape index (κ2) is 6.20. The minimum Gasteiger partial charge on any atom is -0.463 e. The zero-order valence-electron chi connectivity index (χ0n) is 13.1. The van der Waals surface area contributed by atoms with Gasteiger partial charge in [-0.3, -0.25) is 4.68 Å². The van der Waals surface area contributed by atoms with Crippen LogP contribution in [0, 0.1) is 5.82 Å². The van der Waals surface area contributed by atoms with Gasteiger partial charge >= 0.3 is 0 Å². The molecule has 25 heavy (non-hydrogen) atoms. The molecule has 0 bridgehead atoms. The third kappa shape index (κ3) is 2.99. The van der Waals surface area contributed by atoms with Gasteiger partial charge in [0.05, 0.1) is 12.8 Å². The van der Waals surface area contributed by atoms with Crippen LogP contribution < -0.4 is 5.73 Å². The molecular formula is C18H14FN5O. The molecule has 0 aliphatic carbocycles. The molecule has 0 radical (unpaired) electrons. The second-order valence-corrected chi connectivity index (χ2v) is 5.45. The Morgan fingerprint density at radius 2 is 2.00 bits per heavy atom. The van der Waals surface area contributed by atoms with Crippen LogP contribution in [0.3, 0.4) is 0 Å². The van der Waals surface area contributed by atoms with Crippen molar-refractivity contribution in [2.24, 2.45) is 0 Å². The SMILES string of the molecule is Nc1ccnc(-c2cc(-c3ccco3)n(Cc3ccccc3F)n2)n1. The number of hydrogen-bond donors (Lipinski definition) is 1. The van der Waals surface area contributed by atoms with Gasteiger partial charge < -0.3 is 10.2 Å². The van der Waals surface area contributed by atoms with E-state index in [1.165, 1.54) is 6.07 Å². The molecule has 0 amide bonds. The molecule has 3 aromatic heterocycles. The maximum Gasteiger partial charge on any atom is 0.182 e. The van der Waals surface area contributed by atoms with Gasteiger partial charge in [-0.2, -0.15) is 5.10 Å².